The molecule has 5 heteroatoms. The number of ether oxygens (including phenoxy) is 1. The van der Waals surface area contributed by atoms with Crippen LogP contribution in [0.5, 0.6) is 5.75 Å². The van der Waals surface area contributed by atoms with Gasteiger partial charge in [-0.05, 0) is 37.6 Å². The van der Waals surface area contributed by atoms with E-state index in [-0.39, 0.29) is 18.2 Å². The van der Waals surface area contributed by atoms with E-state index < -0.39 is 6.04 Å². The lowest BCUT2D eigenvalue weighted by Crippen LogP contribution is -2.35. The van der Waals surface area contributed by atoms with E-state index in [0.717, 1.165) is 16.8 Å². The standard InChI is InChI=1S/C19H20N2O3/c1-12-7-8-17(13(2)9-12)21-18(22)11-16(19(21)23)20-14-5-4-6-15(10-14)24-3/h4-10,16,20H,11H2,1-3H3/t16-/m1/s1. The number of rotatable bonds is 4. The fourth-order valence-corrected chi connectivity index (χ4v) is 2.97. The second-order valence-corrected chi connectivity index (χ2v) is 5.99. The van der Waals surface area contributed by atoms with Crippen molar-refractivity contribution >= 4 is 23.2 Å². The van der Waals surface area contributed by atoms with Gasteiger partial charge in [-0.2, -0.15) is 0 Å². The van der Waals surface area contributed by atoms with Gasteiger partial charge in [0.1, 0.15) is 11.8 Å². The zero-order valence-electron chi connectivity index (χ0n) is 14.0. The molecular weight excluding hydrogens is 304 g/mol. The number of anilines is 2. The highest BCUT2D eigenvalue weighted by molar-refractivity contribution is 6.23. The van der Waals surface area contributed by atoms with Crippen molar-refractivity contribution in [2.24, 2.45) is 0 Å². The molecular formula is C19H20N2O3. The zero-order chi connectivity index (χ0) is 17.3. The van der Waals surface area contributed by atoms with Crippen LogP contribution in [0.2, 0.25) is 0 Å². The number of carbonyl (C=O) groups is 2. The molecule has 2 amide bonds. The van der Waals surface area contributed by atoms with Crippen LogP contribution in [0.4, 0.5) is 11.4 Å². The number of benzene rings is 2. The highest BCUT2D eigenvalue weighted by atomic mass is 16.5. The van der Waals surface area contributed by atoms with Crippen LogP contribution >= 0.6 is 0 Å². The molecule has 0 spiro atoms. The normalized spacial score (nSPS) is 17.3. The molecule has 2 aromatic carbocycles. The van der Waals surface area contributed by atoms with E-state index in [1.54, 1.807) is 13.2 Å². The molecule has 0 bridgehead atoms. The van der Waals surface area contributed by atoms with Gasteiger partial charge in [0.15, 0.2) is 0 Å². The topological polar surface area (TPSA) is 58.6 Å². The monoisotopic (exact) mass is 324 g/mol. The summed E-state index contributed by atoms with van der Waals surface area (Å²) in [5.74, 6) is 0.283. The predicted octanol–water partition coefficient (Wildman–Crippen LogP) is 3.06. The van der Waals surface area contributed by atoms with E-state index in [4.69, 9.17) is 4.74 Å². The van der Waals surface area contributed by atoms with Crippen LogP contribution in [0.3, 0.4) is 0 Å². The molecule has 124 valence electrons. The summed E-state index contributed by atoms with van der Waals surface area (Å²) in [6.45, 7) is 3.89. The Morgan fingerprint density at radius 2 is 1.92 bits per heavy atom. The number of hydrogen-bond donors (Lipinski definition) is 1. The van der Waals surface area contributed by atoms with Gasteiger partial charge in [0.2, 0.25) is 5.91 Å². The van der Waals surface area contributed by atoms with E-state index in [1.807, 2.05) is 50.2 Å². The maximum atomic E-state index is 12.7. The Kier molecular flexibility index (Phi) is 4.25. The highest BCUT2D eigenvalue weighted by Gasteiger charge is 2.40. The van der Waals surface area contributed by atoms with Gasteiger partial charge in [0.05, 0.1) is 19.2 Å². The Hall–Kier alpha value is -2.82. The average Bonchev–Trinajstić information content (AvgIpc) is 2.82. The van der Waals surface area contributed by atoms with Crippen molar-refractivity contribution < 1.29 is 14.3 Å². The van der Waals surface area contributed by atoms with Gasteiger partial charge in [-0.25, -0.2) is 4.90 Å². The van der Waals surface area contributed by atoms with Gasteiger partial charge >= 0.3 is 0 Å². The summed E-state index contributed by atoms with van der Waals surface area (Å²) in [6, 6.07) is 12.5. The largest absolute Gasteiger partial charge is 0.497 e. The van der Waals surface area contributed by atoms with Crippen molar-refractivity contribution in [2.75, 3.05) is 17.3 Å². The molecule has 0 aromatic heterocycles. The summed E-state index contributed by atoms with van der Waals surface area (Å²) in [7, 11) is 1.59. The van der Waals surface area contributed by atoms with Crippen molar-refractivity contribution in [3.63, 3.8) is 0 Å². The summed E-state index contributed by atoms with van der Waals surface area (Å²) in [5, 5.41) is 3.13. The van der Waals surface area contributed by atoms with Gasteiger partial charge in [-0.1, -0.05) is 23.8 Å². The molecule has 2 aromatic rings. The number of nitrogens with one attached hydrogen (secondary N) is 1. The van der Waals surface area contributed by atoms with Crippen molar-refractivity contribution in [1.82, 2.24) is 0 Å². The Bertz CT molecular complexity index is 801. The fraction of sp³-hybridized carbons (Fsp3) is 0.263. The summed E-state index contributed by atoms with van der Waals surface area (Å²) < 4.78 is 5.18. The van der Waals surface area contributed by atoms with Crippen molar-refractivity contribution in [2.45, 2.75) is 26.3 Å². The lowest BCUT2D eigenvalue weighted by Gasteiger charge is -2.18. The molecule has 24 heavy (non-hydrogen) atoms. The quantitative estimate of drug-likeness (QED) is 0.878. The number of imide groups is 1. The highest BCUT2D eigenvalue weighted by Crippen LogP contribution is 2.28. The minimum absolute atomic E-state index is 0.142. The summed E-state index contributed by atoms with van der Waals surface area (Å²) in [4.78, 5) is 26.4. The molecule has 1 saturated heterocycles. The molecule has 1 atom stereocenters. The van der Waals surface area contributed by atoms with Crippen molar-refractivity contribution in [1.29, 1.82) is 0 Å². The first kappa shape index (κ1) is 16.1. The lowest BCUT2D eigenvalue weighted by molar-refractivity contribution is -0.121. The summed E-state index contributed by atoms with van der Waals surface area (Å²) in [6.07, 6.45) is 0.142. The van der Waals surface area contributed by atoms with E-state index in [0.29, 0.717) is 11.4 Å². The molecule has 1 N–H and O–H groups in total. The van der Waals surface area contributed by atoms with Gasteiger partial charge in [0.25, 0.3) is 5.91 Å². The number of aryl methyl sites for hydroxylation is 2. The zero-order valence-corrected chi connectivity index (χ0v) is 14.0. The minimum atomic E-state index is -0.565. The number of carbonyl (C=O) groups excluding carboxylic acids is 2. The van der Waals surface area contributed by atoms with Crippen molar-refractivity contribution in [3.05, 3.63) is 53.6 Å². The second kappa shape index (κ2) is 6.35. The first-order chi connectivity index (χ1) is 11.5. The summed E-state index contributed by atoms with van der Waals surface area (Å²) in [5.41, 5.74) is 3.42. The summed E-state index contributed by atoms with van der Waals surface area (Å²) >= 11 is 0. The van der Waals surface area contributed by atoms with E-state index in [2.05, 4.69) is 5.32 Å². The molecule has 5 nitrogen and oxygen atoms in total. The van der Waals surface area contributed by atoms with Crippen molar-refractivity contribution in [3.8, 4) is 5.75 Å². The third-order valence-corrected chi connectivity index (χ3v) is 4.15. The molecule has 0 radical (unpaired) electrons. The Morgan fingerprint density at radius 3 is 2.62 bits per heavy atom. The van der Waals surface area contributed by atoms with Gasteiger partial charge in [-0.15, -0.1) is 0 Å². The van der Waals surface area contributed by atoms with Crippen LogP contribution < -0.4 is 15.0 Å². The smallest absolute Gasteiger partial charge is 0.256 e. The molecule has 0 saturated carbocycles. The number of nitrogens with zero attached hydrogens (tertiary/aromatic N) is 1. The third-order valence-electron chi connectivity index (χ3n) is 4.15. The molecule has 1 aliphatic rings. The lowest BCUT2D eigenvalue weighted by atomic mass is 10.1. The average molecular weight is 324 g/mol. The molecule has 1 fully saturated rings. The molecule has 1 heterocycles. The predicted molar refractivity (Wildman–Crippen MR) is 93.4 cm³/mol. The molecule has 0 unspecified atom stereocenters. The fourth-order valence-electron chi connectivity index (χ4n) is 2.97. The number of hydrogen-bond acceptors (Lipinski definition) is 4. The SMILES string of the molecule is COc1cccc(N[C@@H]2CC(=O)N(c3ccc(C)cc3C)C2=O)c1. The van der Waals surface area contributed by atoms with Crippen LogP contribution in [0.25, 0.3) is 0 Å². The van der Waals surface area contributed by atoms with Crippen LogP contribution in [0, 0.1) is 13.8 Å². The van der Waals surface area contributed by atoms with E-state index >= 15 is 0 Å². The van der Waals surface area contributed by atoms with Crippen LogP contribution in [-0.2, 0) is 9.59 Å². The molecule has 1 aliphatic heterocycles. The number of amides is 2. The van der Waals surface area contributed by atoms with Crippen LogP contribution in [-0.4, -0.2) is 25.0 Å². The van der Waals surface area contributed by atoms with Crippen LogP contribution in [0.1, 0.15) is 17.5 Å². The molecule has 3 rings (SSSR count). The number of methoxy groups -OCH3 is 1. The second-order valence-electron chi connectivity index (χ2n) is 5.99. The third kappa shape index (κ3) is 2.97. The van der Waals surface area contributed by atoms with Gasteiger partial charge in [-0.3, -0.25) is 9.59 Å². The van der Waals surface area contributed by atoms with Gasteiger partial charge in [0, 0.05) is 11.8 Å². The Labute approximate surface area is 141 Å². The first-order valence-electron chi connectivity index (χ1n) is 7.84. The minimum Gasteiger partial charge on any atom is -0.497 e. The maximum absolute atomic E-state index is 12.7. The Morgan fingerprint density at radius 1 is 1.12 bits per heavy atom. The van der Waals surface area contributed by atoms with Gasteiger partial charge < -0.3 is 10.1 Å². The molecule has 0 aliphatic carbocycles. The first-order valence-corrected chi connectivity index (χ1v) is 7.84. The maximum Gasteiger partial charge on any atom is 0.256 e. The Balaban J connectivity index is 1.83. The van der Waals surface area contributed by atoms with Crippen LogP contribution in [0.15, 0.2) is 42.5 Å². The van der Waals surface area contributed by atoms with E-state index in [9.17, 15) is 9.59 Å². The van der Waals surface area contributed by atoms with E-state index in [1.165, 1.54) is 4.90 Å².